The first-order valence-corrected chi connectivity index (χ1v) is 6.88. The summed E-state index contributed by atoms with van der Waals surface area (Å²) in [6, 6.07) is 16.8. The Morgan fingerprint density at radius 3 is 2.90 bits per heavy atom. The van der Waals surface area contributed by atoms with Crippen molar-refractivity contribution in [2.24, 2.45) is 0 Å². The van der Waals surface area contributed by atoms with Crippen LogP contribution in [0.3, 0.4) is 0 Å². The number of aliphatic hydroxyl groups is 1. The van der Waals surface area contributed by atoms with Gasteiger partial charge in [-0.05, 0) is 35.7 Å². The number of benzene rings is 2. The molecule has 0 aromatic heterocycles. The fraction of sp³-hybridized carbons (Fsp3) is 0.222. The van der Waals surface area contributed by atoms with Crippen LogP contribution in [0.15, 0.2) is 48.5 Å². The Balaban J connectivity index is 1.79. The topological polar surface area (TPSA) is 23.5 Å². The van der Waals surface area contributed by atoms with Gasteiger partial charge in [-0.15, -0.1) is 0 Å². The van der Waals surface area contributed by atoms with E-state index >= 15 is 0 Å². The van der Waals surface area contributed by atoms with Gasteiger partial charge in [-0.25, -0.2) is 0 Å². The van der Waals surface area contributed by atoms with Crippen molar-refractivity contribution in [3.63, 3.8) is 0 Å². The minimum Gasteiger partial charge on any atom is -0.384 e. The lowest BCUT2D eigenvalue weighted by Gasteiger charge is -2.19. The highest BCUT2D eigenvalue weighted by Gasteiger charge is 2.17. The van der Waals surface area contributed by atoms with E-state index in [1.54, 1.807) is 0 Å². The second-order valence-corrected chi connectivity index (χ2v) is 4.96. The summed E-state index contributed by atoms with van der Waals surface area (Å²) >= 11 is 0. The van der Waals surface area contributed by atoms with Gasteiger partial charge in [0.15, 0.2) is 0 Å². The van der Waals surface area contributed by atoms with Gasteiger partial charge in [0.1, 0.15) is 6.61 Å². The van der Waals surface area contributed by atoms with Crippen LogP contribution in [0, 0.1) is 11.8 Å². The van der Waals surface area contributed by atoms with Crippen molar-refractivity contribution in [3.05, 3.63) is 65.2 Å². The number of hydrogen-bond acceptors (Lipinski definition) is 2. The molecule has 1 heterocycles. The monoisotopic (exact) mass is 263 g/mol. The maximum absolute atomic E-state index is 8.75. The quantitative estimate of drug-likeness (QED) is 0.842. The Hall–Kier alpha value is -2.24. The van der Waals surface area contributed by atoms with Gasteiger partial charge in [0.05, 0.1) is 0 Å². The first kappa shape index (κ1) is 12.8. The van der Waals surface area contributed by atoms with Gasteiger partial charge in [-0.3, -0.25) is 0 Å². The number of anilines is 1. The number of rotatable bonds is 2. The first-order valence-electron chi connectivity index (χ1n) is 6.88. The average molecular weight is 263 g/mol. The van der Waals surface area contributed by atoms with E-state index in [0.717, 1.165) is 25.1 Å². The summed E-state index contributed by atoms with van der Waals surface area (Å²) in [6.45, 7) is 1.89. The van der Waals surface area contributed by atoms with Gasteiger partial charge >= 0.3 is 0 Å². The van der Waals surface area contributed by atoms with Gasteiger partial charge < -0.3 is 10.0 Å². The number of aliphatic hydroxyl groups excluding tert-OH is 1. The minimum absolute atomic E-state index is 0.0935. The molecule has 0 saturated heterocycles. The third kappa shape index (κ3) is 2.68. The molecule has 0 amide bonds. The number of nitrogens with zero attached hydrogens (tertiary/aromatic N) is 1. The fourth-order valence-electron chi connectivity index (χ4n) is 2.68. The molecule has 0 radical (unpaired) electrons. The maximum atomic E-state index is 8.75. The molecule has 0 spiro atoms. The van der Waals surface area contributed by atoms with Gasteiger partial charge in [0.2, 0.25) is 0 Å². The molecule has 2 heteroatoms. The van der Waals surface area contributed by atoms with Crippen LogP contribution in [0.25, 0.3) is 0 Å². The second-order valence-electron chi connectivity index (χ2n) is 4.96. The van der Waals surface area contributed by atoms with E-state index < -0.39 is 0 Å². The summed E-state index contributed by atoms with van der Waals surface area (Å²) in [5.74, 6) is 5.65. The van der Waals surface area contributed by atoms with Crippen molar-refractivity contribution in [2.45, 2.75) is 13.0 Å². The predicted molar refractivity (Wildman–Crippen MR) is 81.6 cm³/mol. The maximum Gasteiger partial charge on any atom is 0.104 e. The Kier molecular flexibility index (Phi) is 3.71. The number of hydrogen-bond donors (Lipinski definition) is 1. The van der Waals surface area contributed by atoms with Crippen molar-refractivity contribution in [3.8, 4) is 11.8 Å². The van der Waals surface area contributed by atoms with Crippen molar-refractivity contribution in [1.82, 2.24) is 0 Å². The molecular weight excluding hydrogens is 246 g/mol. The molecule has 0 fully saturated rings. The molecule has 1 aliphatic rings. The molecule has 0 saturated carbocycles. The summed E-state index contributed by atoms with van der Waals surface area (Å²) < 4.78 is 0. The third-order valence-corrected chi connectivity index (χ3v) is 3.60. The molecule has 1 aliphatic heterocycles. The average Bonchev–Trinajstić information content (AvgIpc) is 2.89. The van der Waals surface area contributed by atoms with Crippen molar-refractivity contribution < 1.29 is 5.11 Å². The summed E-state index contributed by atoms with van der Waals surface area (Å²) in [6.07, 6.45) is 1.13. The van der Waals surface area contributed by atoms with Crippen molar-refractivity contribution >= 4 is 5.69 Å². The highest BCUT2D eigenvalue weighted by atomic mass is 16.2. The third-order valence-electron chi connectivity index (χ3n) is 3.60. The number of fused-ring (bicyclic) bond motifs is 1. The van der Waals surface area contributed by atoms with E-state index in [1.165, 1.54) is 16.8 Å². The largest absolute Gasteiger partial charge is 0.384 e. The van der Waals surface area contributed by atoms with Crippen LogP contribution in [0.5, 0.6) is 0 Å². The fourth-order valence-corrected chi connectivity index (χ4v) is 2.68. The smallest absolute Gasteiger partial charge is 0.104 e. The molecule has 1 N–H and O–H groups in total. The van der Waals surface area contributed by atoms with Gasteiger partial charge in [0, 0.05) is 24.3 Å². The van der Waals surface area contributed by atoms with Crippen molar-refractivity contribution in [2.75, 3.05) is 18.1 Å². The van der Waals surface area contributed by atoms with E-state index in [4.69, 9.17) is 5.11 Å². The van der Waals surface area contributed by atoms with Crippen LogP contribution < -0.4 is 4.90 Å². The van der Waals surface area contributed by atoms with E-state index in [1.807, 2.05) is 12.1 Å². The highest BCUT2D eigenvalue weighted by Crippen LogP contribution is 2.28. The molecule has 2 nitrogen and oxygen atoms in total. The Morgan fingerprint density at radius 1 is 1.10 bits per heavy atom. The summed E-state index contributed by atoms with van der Waals surface area (Å²) in [7, 11) is 0. The zero-order valence-electron chi connectivity index (χ0n) is 11.3. The molecule has 20 heavy (non-hydrogen) atoms. The molecule has 2 aromatic carbocycles. The molecule has 0 aliphatic carbocycles. The predicted octanol–water partition coefficient (Wildman–Crippen LogP) is 2.59. The van der Waals surface area contributed by atoms with Crippen LogP contribution in [0.4, 0.5) is 5.69 Å². The van der Waals surface area contributed by atoms with Gasteiger partial charge in [0.25, 0.3) is 0 Å². The lowest BCUT2D eigenvalue weighted by Crippen LogP contribution is -2.19. The van der Waals surface area contributed by atoms with Crippen LogP contribution in [-0.4, -0.2) is 18.3 Å². The molecule has 100 valence electrons. The Morgan fingerprint density at radius 2 is 2.00 bits per heavy atom. The van der Waals surface area contributed by atoms with Crippen LogP contribution in [0.1, 0.15) is 16.7 Å². The van der Waals surface area contributed by atoms with Gasteiger partial charge in [-0.1, -0.05) is 42.2 Å². The zero-order valence-corrected chi connectivity index (χ0v) is 11.3. The van der Waals surface area contributed by atoms with Crippen LogP contribution in [-0.2, 0) is 13.0 Å². The molecule has 0 atom stereocenters. The van der Waals surface area contributed by atoms with E-state index in [9.17, 15) is 0 Å². The zero-order chi connectivity index (χ0) is 13.8. The summed E-state index contributed by atoms with van der Waals surface area (Å²) in [5, 5.41) is 8.75. The summed E-state index contributed by atoms with van der Waals surface area (Å²) in [4.78, 5) is 2.41. The second kappa shape index (κ2) is 5.81. The SMILES string of the molecule is OCC#Cc1cccc(CN2CCc3ccccc32)c1. The summed E-state index contributed by atoms with van der Waals surface area (Å²) in [5.41, 5.74) is 5.00. The van der Waals surface area contributed by atoms with Crippen LogP contribution >= 0.6 is 0 Å². The highest BCUT2D eigenvalue weighted by molar-refractivity contribution is 5.58. The normalized spacial score (nSPS) is 12.8. The van der Waals surface area contributed by atoms with Crippen molar-refractivity contribution in [1.29, 1.82) is 0 Å². The van der Waals surface area contributed by atoms with E-state index in [2.05, 4.69) is 53.1 Å². The molecule has 3 rings (SSSR count). The molecule has 0 unspecified atom stereocenters. The van der Waals surface area contributed by atoms with E-state index in [-0.39, 0.29) is 6.61 Å². The van der Waals surface area contributed by atoms with Gasteiger partial charge in [-0.2, -0.15) is 0 Å². The Labute approximate surface area is 119 Å². The van der Waals surface area contributed by atoms with E-state index in [0.29, 0.717) is 0 Å². The minimum atomic E-state index is -0.0935. The molecular formula is C18H17NO. The molecule has 2 aromatic rings. The Bertz CT molecular complexity index is 666. The molecule has 0 bridgehead atoms. The lowest BCUT2D eigenvalue weighted by atomic mass is 10.1. The first-order chi connectivity index (χ1) is 9.86. The lowest BCUT2D eigenvalue weighted by molar-refractivity contribution is 0.350. The van der Waals surface area contributed by atoms with Crippen LogP contribution in [0.2, 0.25) is 0 Å². The number of para-hydroxylation sites is 1. The standard InChI is InChI=1S/C18H17NO/c20-12-4-7-15-5-3-6-16(13-15)14-19-11-10-17-8-1-2-9-18(17)19/h1-3,5-6,8-9,13,20H,10-12,14H2.